The molecule has 0 bridgehead atoms. The van der Waals surface area contributed by atoms with E-state index < -0.39 is 0 Å². The average molecular weight is 265 g/mol. The molecule has 1 saturated heterocycles. The van der Waals surface area contributed by atoms with Crippen molar-refractivity contribution in [1.82, 2.24) is 15.3 Å². The van der Waals surface area contributed by atoms with Gasteiger partial charge in [-0.25, -0.2) is 4.98 Å². The summed E-state index contributed by atoms with van der Waals surface area (Å²) in [6, 6.07) is 0.372. The number of anilines is 2. The molecule has 106 valence electrons. The van der Waals surface area contributed by atoms with Crippen molar-refractivity contribution in [2.45, 2.75) is 38.6 Å². The Morgan fingerprint density at radius 3 is 3.21 bits per heavy atom. The fourth-order valence-electron chi connectivity index (χ4n) is 2.57. The van der Waals surface area contributed by atoms with E-state index in [1.54, 1.807) is 0 Å². The highest BCUT2D eigenvalue weighted by molar-refractivity contribution is 5.61. The average Bonchev–Trinajstić information content (AvgIpc) is 2.43. The number of hydrogen-bond acceptors (Lipinski definition) is 5. The third-order valence-corrected chi connectivity index (χ3v) is 3.57. The van der Waals surface area contributed by atoms with Crippen molar-refractivity contribution in [2.24, 2.45) is 0 Å². The maximum absolute atomic E-state index is 11.6. The van der Waals surface area contributed by atoms with E-state index >= 15 is 0 Å². The second kappa shape index (κ2) is 6.56. The van der Waals surface area contributed by atoms with Crippen molar-refractivity contribution in [1.29, 1.82) is 0 Å². The molecule has 0 saturated carbocycles. The summed E-state index contributed by atoms with van der Waals surface area (Å²) in [5, 5.41) is 3.44. The quantitative estimate of drug-likeness (QED) is 0.683. The Bertz CT molecular complexity index is 459. The number of hydrogen-bond donors (Lipinski definition) is 3. The van der Waals surface area contributed by atoms with Crippen molar-refractivity contribution in [3.8, 4) is 0 Å². The predicted octanol–water partition coefficient (Wildman–Crippen LogP) is 0.711. The Morgan fingerprint density at radius 2 is 2.42 bits per heavy atom. The van der Waals surface area contributed by atoms with Crippen LogP contribution in [0, 0.1) is 0 Å². The van der Waals surface area contributed by atoms with E-state index in [4.69, 9.17) is 5.73 Å². The zero-order valence-electron chi connectivity index (χ0n) is 11.5. The molecule has 1 unspecified atom stereocenters. The minimum absolute atomic E-state index is 0.227. The number of H-pyrrole nitrogens is 1. The molecule has 0 spiro atoms. The predicted molar refractivity (Wildman–Crippen MR) is 77.4 cm³/mol. The van der Waals surface area contributed by atoms with E-state index in [2.05, 4.69) is 27.1 Å². The lowest BCUT2D eigenvalue weighted by atomic mass is 10.0. The van der Waals surface area contributed by atoms with Gasteiger partial charge in [-0.1, -0.05) is 6.92 Å². The minimum Gasteiger partial charge on any atom is -0.391 e. The first kappa shape index (κ1) is 13.9. The molecule has 1 atom stereocenters. The summed E-state index contributed by atoms with van der Waals surface area (Å²) in [5.74, 6) is 0.631. The Balaban J connectivity index is 2.14. The number of nitrogens with one attached hydrogen (secondary N) is 2. The van der Waals surface area contributed by atoms with Crippen LogP contribution in [-0.4, -0.2) is 35.6 Å². The molecule has 1 aromatic heterocycles. The molecule has 1 aromatic rings. The van der Waals surface area contributed by atoms with Gasteiger partial charge in [0, 0.05) is 19.1 Å². The van der Waals surface area contributed by atoms with Gasteiger partial charge in [0.15, 0.2) is 5.82 Å². The molecule has 0 aromatic carbocycles. The zero-order chi connectivity index (χ0) is 13.7. The maximum Gasteiger partial charge on any atom is 0.276 e. The van der Waals surface area contributed by atoms with Crippen LogP contribution < -0.4 is 21.5 Å². The number of aromatic nitrogens is 2. The highest BCUT2D eigenvalue weighted by Gasteiger charge is 2.25. The van der Waals surface area contributed by atoms with Crippen molar-refractivity contribution >= 4 is 11.5 Å². The fraction of sp³-hybridized carbons (Fsp3) is 0.692. The number of piperidine rings is 1. The molecule has 1 aliphatic rings. The summed E-state index contributed by atoms with van der Waals surface area (Å²) in [6.45, 7) is 5.01. The molecule has 0 amide bonds. The SMILES string of the molecule is CCCNCC1CCCCN1c1nc[nH]c(=O)c1N. The number of aromatic amines is 1. The Morgan fingerprint density at radius 1 is 1.58 bits per heavy atom. The summed E-state index contributed by atoms with van der Waals surface area (Å²) < 4.78 is 0. The van der Waals surface area contributed by atoms with Gasteiger partial charge >= 0.3 is 0 Å². The molecule has 0 aliphatic carbocycles. The van der Waals surface area contributed by atoms with Crippen LogP contribution in [0.1, 0.15) is 32.6 Å². The zero-order valence-corrected chi connectivity index (χ0v) is 11.5. The summed E-state index contributed by atoms with van der Waals surface area (Å²) in [5.41, 5.74) is 5.84. The molecule has 1 fully saturated rings. The topological polar surface area (TPSA) is 87.0 Å². The molecule has 6 heteroatoms. The second-order valence-corrected chi connectivity index (χ2v) is 5.02. The van der Waals surface area contributed by atoms with Crippen LogP contribution in [0.4, 0.5) is 11.5 Å². The van der Waals surface area contributed by atoms with Gasteiger partial charge in [-0.15, -0.1) is 0 Å². The first-order chi connectivity index (χ1) is 9.24. The van der Waals surface area contributed by atoms with E-state index in [1.165, 1.54) is 12.7 Å². The number of nitrogen functional groups attached to an aromatic ring is 1. The summed E-state index contributed by atoms with van der Waals surface area (Å²) in [7, 11) is 0. The van der Waals surface area contributed by atoms with Gasteiger partial charge in [0.25, 0.3) is 5.56 Å². The normalized spacial score (nSPS) is 19.6. The largest absolute Gasteiger partial charge is 0.391 e. The Labute approximate surface area is 113 Å². The highest BCUT2D eigenvalue weighted by atomic mass is 16.1. The monoisotopic (exact) mass is 265 g/mol. The summed E-state index contributed by atoms with van der Waals surface area (Å²) in [6.07, 6.45) is 6.01. The van der Waals surface area contributed by atoms with Crippen molar-refractivity contribution in [3.63, 3.8) is 0 Å². The molecule has 6 nitrogen and oxygen atoms in total. The fourth-order valence-corrected chi connectivity index (χ4v) is 2.57. The number of nitrogens with zero attached hydrogens (tertiary/aromatic N) is 2. The molecule has 2 heterocycles. The van der Waals surface area contributed by atoms with Gasteiger partial charge in [0.05, 0.1) is 6.33 Å². The maximum atomic E-state index is 11.6. The van der Waals surface area contributed by atoms with E-state index in [-0.39, 0.29) is 11.2 Å². The van der Waals surface area contributed by atoms with E-state index in [1.807, 2.05) is 0 Å². The lowest BCUT2D eigenvalue weighted by molar-refractivity contribution is 0.433. The summed E-state index contributed by atoms with van der Waals surface area (Å²) >= 11 is 0. The van der Waals surface area contributed by atoms with Crippen LogP contribution >= 0.6 is 0 Å². The highest BCUT2D eigenvalue weighted by Crippen LogP contribution is 2.25. The van der Waals surface area contributed by atoms with Crippen LogP contribution in [0.2, 0.25) is 0 Å². The van der Waals surface area contributed by atoms with Gasteiger partial charge in [0.2, 0.25) is 0 Å². The molecule has 4 N–H and O–H groups in total. The van der Waals surface area contributed by atoms with Gasteiger partial charge in [-0.05, 0) is 32.2 Å². The van der Waals surface area contributed by atoms with Crippen molar-refractivity contribution in [3.05, 3.63) is 16.7 Å². The number of nitrogens with two attached hydrogens (primary N) is 1. The molecule has 0 radical (unpaired) electrons. The molecule has 19 heavy (non-hydrogen) atoms. The first-order valence-corrected chi connectivity index (χ1v) is 7.04. The van der Waals surface area contributed by atoms with Crippen LogP contribution in [0.5, 0.6) is 0 Å². The van der Waals surface area contributed by atoms with E-state index in [0.717, 1.165) is 38.9 Å². The Kier molecular flexibility index (Phi) is 4.79. The molecular weight excluding hydrogens is 242 g/mol. The van der Waals surface area contributed by atoms with Crippen LogP contribution in [0.25, 0.3) is 0 Å². The van der Waals surface area contributed by atoms with Gasteiger partial charge in [0.1, 0.15) is 5.69 Å². The van der Waals surface area contributed by atoms with Gasteiger partial charge in [-0.3, -0.25) is 4.79 Å². The minimum atomic E-state index is -0.254. The van der Waals surface area contributed by atoms with Gasteiger partial charge < -0.3 is 20.9 Å². The van der Waals surface area contributed by atoms with E-state index in [0.29, 0.717) is 11.9 Å². The lowest BCUT2D eigenvalue weighted by Gasteiger charge is -2.37. The molecule has 1 aliphatic heterocycles. The van der Waals surface area contributed by atoms with Crippen molar-refractivity contribution < 1.29 is 0 Å². The second-order valence-electron chi connectivity index (χ2n) is 5.02. The van der Waals surface area contributed by atoms with Crippen LogP contribution in [0.3, 0.4) is 0 Å². The van der Waals surface area contributed by atoms with Gasteiger partial charge in [-0.2, -0.15) is 0 Å². The smallest absolute Gasteiger partial charge is 0.276 e. The van der Waals surface area contributed by atoms with E-state index in [9.17, 15) is 4.79 Å². The van der Waals surface area contributed by atoms with Crippen LogP contribution in [0.15, 0.2) is 11.1 Å². The van der Waals surface area contributed by atoms with Crippen LogP contribution in [-0.2, 0) is 0 Å². The van der Waals surface area contributed by atoms with Crippen molar-refractivity contribution in [2.75, 3.05) is 30.3 Å². The standard InChI is InChI=1S/C13H23N5O/c1-2-6-15-8-10-5-3-4-7-18(10)12-11(14)13(19)17-9-16-12/h9-10,15H,2-8,14H2,1H3,(H,16,17,19). The molecular formula is C13H23N5O. The third kappa shape index (κ3) is 3.26. The summed E-state index contributed by atoms with van der Waals surface area (Å²) in [4.78, 5) is 20.5. The first-order valence-electron chi connectivity index (χ1n) is 7.04. The Hall–Kier alpha value is -1.56. The third-order valence-electron chi connectivity index (χ3n) is 3.57. The molecule has 2 rings (SSSR count). The lowest BCUT2D eigenvalue weighted by Crippen LogP contribution is -2.47. The number of rotatable bonds is 5.